The highest BCUT2D eigenvalue weighted by molar-refractivity contribution is 5.79. The Morgan fingerprint density at radius 2 is 0.810 bits per heavy atom. The molecule has 0 aromatic carbocycles. The first-order chi connectivity index (χ1) is 13.6. The highest BCUT2D eigenvalue weighted by atomic mass is 16.6. The molecule has 0 aromatic rings. The lowest BCUT2D eigenvalue weighted by molar-refractivity contribution is -0.168. The third-order valence-electron chi connectivity index (χ3n) is 2.42. The molecule has 42 heavy (non-hydrogen) atoms. The van der Waals surface area contributed by atoms with Gasteiger partial charge in [0.1, 0.15) is 13.2 Å². The number of ether oxygens (including phenoxy) is 3. The van der Waals surface area contributed by atoms with Crippen molar-refractivity contribution in [3.8, 4) is 0 Å². The molecule has 0 bridgehead atoms. The summed E-state index contributed by atoms with van der Waals surface area (Å²) in [5.41, 5.74) is 0. The normalized spacial score (nSPS) is 7.88. The zero-order valence-electron chi connectivity index (χ0n) is 16.4. The van der Waals surface area contributed by atoms with Crippen molar-refractivity contribution in [2.75, 3.05) is 39.6 Å². The number of carbonyl (C=O) groups excluding carboxylic acids is 3. The second-order valence-corrected chi connectivity index (χ2v) is 4.96. The zero-order chi connectivity index (χ0) is 23.2. The maximum atomic E-state index is 11.0. The largest absolute Gasteiger partial charge is 0.479 e. The Balaban J connectivity index is -0.0000000159. The van der Waals surface area contributed by atoms with E-state index in [1.54, 1.807) is 0 Å². The van der Waals surface area contributed by atoms with Crippen LogP contribution in [0.2, 0.25) is 0 Å². The van der Waals surface area contributed by atoms with Crippen molar-refractivity contribution in [3.05, 3.63) is 0 Å². The van der Waals surface area contributed by atoms with Gasteiger partial charge in [0.15, 0.2) is 12.2 Å². The van der Waals surface area contributed by atoms with Crippen molar-refractivity contribution < 1.29 is 64.0 Å². The van der Waals surface area contributed by atoms with Crippen LogP contribution in [0.3, 0.4) is 0 Å². The minimum absolute atomic E-state index is 0. The van der Waals surface area contributed by atoms with Gasteiger partial charge in [-0.25, -0.2) is 19.2 Å². The molecule has 0 fully saturated rings. The first-order valence-corrected chi connectivity index (χ1v) is 8.43. The van der Waals surface area contributed by atoms with Gasteiger partial charge in [-0.1, -0.05) is 96.5 Å². The molecule has 2 unspecified atom stereocenters. The SMILES string of the molecule is C.C.C.C.C.C.C.C.C.C.C.C.C.CC(OC(=O)CO)C(=O)O.CC(OC(=O)CO)C(=O)OCCCO.OCCCO. The van der Waals surface area contributed by atoms with Crippen LogP contribution in [0.25, 0.3) is 0 Å². The fraction of sp³-hybridized carbons (Fsp3) is 0.862. The molecule has 0 heterocycles. The van der Waals surface area contributed by atoms with Crippen molar-refractivity contribution in [1.82, 2.24) is 0 Å². The van der Waals surface area contributed by atoms with Crippen LogP contribution in [0.5, 0.6) is 0 Å². The lowest BCUT2D eigenvalue weighted by Gasteiger charge is -2.11. The van der Waals surface area contributed by atoms with Crippen LogP contribution in [0.1, 0.15) is 123 Å². The average molecular weight is 639 g/mol. The Bertz CT molecular complexity index is 459. The number of hydrogen-bond acceptors (Lipinski definition) is 12. The summed E-state index contributed by atoms with van der Waals surface area (Å²) in [4.78, 5) is 41.7. The molecule has 0 aliphatic carbocycles. The number of carboxylic acid groups (broad SMARTS) is 1. The van der Waals surface area contributed by atoms with E-state index < -0.39 is 49.3 Å². The molecule has 0 aliphatic rings. The fourth-order valence-corrected chi connectivity index (χ4v) is 0.993. The number of esters is 3. The number of carbonyl (C=O) groups is 4. The van der Waals surface area contributed by atoms with E-state index in [2.05, 4.69) is 14.2 Å². The summed E-state index contributed by atoms with van der Waals surface area (Å²) >= 11 is 0. The van der Waals surface area contributed by atoms with Gasteiger partial charge in [-0.2, -0.15) is 0 Å². The molecule has 13 heteroatoms. The summed E-state index contributed by atoms with van der Waals surface area (Å²) in [6, 6.07) is 0. The van der Waals surface area contributed by atoms with E-state index >= 15 is 0 Å². The highest BCUT2D eigenvalue weighted by Gasteiger charge is 2.18. The monoisotopic (exact) mass is 639 g/mol. The van der Waals surface area contributed by atoms with E-state index in [1.807, 2.05) is 0 Å². The average Bonchev–Trinajstić information content (AvgIpc) is 2.69. The maximum absolute atomic E-state index is 11.0. The summed E-state index contributed by atoms with van der Waals surface area (Å²) in [7, 11) is 0. The van der Waals surface area contributed by atoms with E-state index in [-0.39, 0.29) is 123 Å². The summed E-state index contributed by atoms with van der Waals surface area (Å²) in [6.07, 6.45) is -1.39. The number of aliphatic carboxylic acids is 1. The summed E-state index contributed by atoms with van der Waals surface area (Å²) in [5, 5.41) is 48.8. The topological polar surface area (TPSA) is 217 Å². The van der Waals surface area contributed by atoms with Gasteiger partial charge in [-0.05, 0) is 20.3 Å². The first-order valence-electron chi connectivity index (χ1n) is 8.43. The van der Waals surface area contributed by atoms with Crippen LogP contribution >= 0.6 is 0 Å². The number of rotatable bonds is 11. The lowest BCUT2D eigenvalue weighted by Crippen LogP contribution is -2.27. The Morgan fingerprint density at radius 3 is 1.02 bits per heavy atom. The third-order valence-corrected chi connectivity index (χ3v) is 2.42. The number of carboxylic acids is 1. The smallest absolute Gasteiger partial charge is 0.347 e. The fourth-order valence-electron chi connectivity index (χ4n) is 0.993. The molecule has 2 atom stereocenters. The van der Waals surface area contributed by atoms with Crippen LogP contribution in [0.15, 0.2) is 0 Å². The molecule has 0 radical (unpaired) electrons. The number of hydrogen-bond donors (Lipinski definition) is 6. The minimum atomic E-state index is -1.23. The van der Waals surface area contributed by atoms with E-state index in [1.165, 1.54) is 13.8 Å². The van der Waals surface area contributed by atoms with Crippen molar-refractivity contribution in [2.24, 2.45) is 0 Å². The molecule has 0 saturated heterocycles. The molecular weight excluding hydrogens is 556 g/mol. The van der Waals surface area contributed by atoms with E-state index in [4.69, 9.17) is 30.6 Å². The Kier molecular flexibility index (Phi) is 194. The van der Waals surface area contributed by atoms with E-state index in [9.17, 15) is 19.2 Å². The molecule has 0 aliphatic heterocycles. The standard InChI is InChI=1S/C8H14O6.C5H8O5.C3H8O2.13CH4/c1-6(14-7(11)5-10)8(12)13-4-2-3-9;1-3(5(8)9)10-4(7)2-6;4-2-1-3-5;;;;;;;;;;;;;/h6,9-10H,2-5H2,1H3;3,6H,2H2,1H3,(H,8,9);4-5H,1-3H2;13*1H4. The summed E-state index contributed by atoms with van der Waals surface area (Å²) < 4.78 is 13.3. The van der Waals surface area contributed by atoms with Crippen LogP contribution in [0.4, 0.5) is 0 Å². The second kappa shape index (κ2) is 77.2. The van der Waals surface area contributed by atoms with Crippen molar-refractivity contribution >= 4 is 23.9 Å². The van der Waals surface area contributed by atoms with Crippen molar-refractivity contribution in [2.45, 2.75) is 135 Å². The Morgan fingerprint density at radius 1 is 0.524 bits per heavy atom. The van der Waals surface area contributed by atoms with Gasteiger partial charge in [0.2, 0.25) is 0 Å². The lowest BCUT2D eigenvalue weighted by atomic mass is 10.4. The van der Waals surface area contributed by atoms with Gasteiger partial charge in [-0.3, -0.25) is 0 Å². The van der Waals surface area contributed by atoms with Gasteiger partial charge >= 0.3 is 23.9 Å². The number of aliphatic hydroxyl groups is 5. The predicted molar refractivity (Wildman–Crippen MR) is 182 cm³/mol. The number of aliphatic hydroxyl groups excluding tert-OH is 5. The molecule has 13 nitrogen and oxygen atoms in total. The van der Waals surface area contributed by atoms with Gasteiger partial charge in [0.25, 0.3) is 0 Å². The minimum Gasteiger partial charge on any atom is -0.479 e. The van der Waals surface area contributed by atoms with Crippen molar-refractivity contribution in [1.29, 1.82) is 0 Å². The molecule has 0 rings (SSSR count). The molecular formula is C29H82O13. The third kappa shape index (κ3) is 83.2. The molecule has 0 saturated carbocycles. The highest BCUT2D eigenvalue weighted by Crippen LogP contribution is 1.96. The van der Waals surface area contributed by atoms with Crippen LogP contribution in [-0.4, -0.2) is 106 Å². The summed E-state index contributed by atoms with van der Waals surface area (Å²) in [5.74, 6) is -3.74. The molecule has 276 valence electrons. The molecule has 6 N–H and O–H groups in total. The van der Waals surface area contributed by atoms with E-state index in [0.717, 1.165) is 0 Å². The van der Waals surface area contributed by atoms with Gasteiger partial charge in [-0.15, -0.1) is 0 Å². The van der Waals surface area contributed by atoms with E-state index in [0.29, 0.717) is 12.8 Å². The molecule has 0 amide bonds. The predicted octanol–water partition coefficient (Wildman–Crippen LogP) is 5.46. The zero-order valence-corrected chi connectivity index (χ0v) is 16.4. The maximum Gasteiger partial charge on any atom is 0.347 e. The van der Waals surface area contributed by atoms with Gasteiger partial charge in [0.05, 0.1) is 6.61 Å². The van der Waals surface area contributed by atoms with Gasteiger partial charge in [0, 0.05) is 26.2 Å². The van der Waals surface area contributed by atoms with Crippen LogP contribution in [0, 0.1) is 0 Å². The Labute approximate surface area is 263 Å². The van der Waals surface area contributed by atoms with Crippen LogP contribution < -0.4 is 0 Å². The Hall–Kier alpha value is -2.32. The van der Waals surface area contributed by atoms with Crippen molar-refractivity contribution in [3.63, 3.8) is 0 Å². The summed E-state index contributed by atoms with van der Waals surface area (Å²) in [6.45, 7) is 1.18. The molecule has 0 spiro atoms. The van der Waals surface area contributed by atoms with Gasteiger partial charge < -0.3 is 44.8 Å². The molecule has 0 aromatic heterocycles. The first kappa shape index (κ1) is 106. The van der Waals surface area contributed by atoms with Crippen LogP contribution in [-0.2, 0) is 33.4 Å². The second-order valence-electron chi connectivity index (χ2n) is 4.96. The quantitative estimate of drug-likeness (QED) is 0.0942.